The van der Waals surface area contributed by atoms with Crippen molar-refractivity contribution < 1.29 is 19.1 Å². The van der Waals surface area contributed by atoms with Crippen LogP contribution in [0.15, 0.2) is 79.0 Å². The van der Waals surface area contributed by atoms with Gasteiger partial charge >= 0.3 is 6.09 Å². The van der Waals surface area contributed by atoms with Gasteiger partial charge in [0.05, 0.1) is 24.7 Å². The van der Waals surface area contributed by atoms with Crippen LogP contribution in [0.1, 0.15) is 80.4 Å². The van der Waals surface area contributed by atoms with Gasteiger partial charge in [-0.3, -0.25) is 4.79 Å². The van der Waals surface area contributed by atoms with Gasteiger partial charge in [0, 0.05) is 42.3 Å². The Morgan fingerprint density at radius 2 is 1.79 bits per heavy atom. The summed E-state index contributed by atoms with van der Waals surface area (Å²) in [6, 6.07) is 23.2. The molecule has 11 nitrogen and oxygen atoms in total. The topological polar surface area (TPSA) is 123 Å². The number of hydrogen-bond donors (Lipinski definition) is 3. The quantitative estimate of drug-likeness (QED) is 0.132. The number of pyridine rings is 1. The Labute approximate surface area is 305 Å². The standard InChI is InChI=1S/C41H49N7O4/c1-26(2)34-18-15-31(22-27(34)3)45-39(49)29-10-8-11-30(23-29)43-35-19-20-42-38-36(35)37(46-48(38)24-28-13-16-33(51-7)17-14-28)44-32-12-9-21-47(25-32)40(50)52-41(4,5)6/h8,10-11,13-20,22-23,26,32H,9,12,21,24-25H2,1-7H3,(H,42,43)(H,44,46)(H,45,49). The highest BCUT2D eigenvalue weighted by atomic mass is 16.6. The summed E-state index contributed by atoms with van der Waals surface area (Å²) in [7, 11) is 1.65. The third-order valence-corrected chi connectivity index (χ3v) is 9.09. The van der Waals surface area contributed by atoms with Crippen LogP contribution in [0.5, 0.6) is 5.75 Å². The molecule has 272 valence electrons. The van der Waals surface area contributed by atoms with Gasteiger partial charge in [-0.1, -0.05) is 38.1 Å². The summed E-state index contributed by atoms with van der Waals surface area (Å²) < 4.78 is 12.9. The molecule has 1 aliphatic heterocycles. The number of aromatic nitrogens is 3. The summed E-state index contributed by atoms with van der Waals surface area (Å²) in [5.41, 5.74) is 6.38. The van der Waals surface area contributed by atoms with Gasteiger partial charge in [-0.25, -0.2) is 14.5 Å². The van der Waals surface area contributed by atoms with Crippen molar-refractivity contribution in [1.29, 1.82) is 0 Å². The van der Waals surface area contributed by atoms with Gasteiger partial charge in [-0.15, -0.1) is 0 Å². The van der Waals surface area contributed by atoms with Crippen molar-refractivity contribution in [2.75, 3.05) is 36.1 Å². The molecule has 3 aromatic carbocycles. The summed E-state index contributed by atoms with van der Waals surface area (Å²) in [4.78, 5) is 32.9. The molecule has 3 N–H and O–H groups in total. The fourth-order valence-electron chi connectivity index (χ4n) is 6.60. The number of anilines is 4. The lowest BCUT2D eigenvalue weighted by atomic mass is 9.97. The second-order valence-corrected chi connectivity index (χ2v) is 14.7. The minimum Gasteiger partial charge on any atom is -0.497 e. The maximum Gasteiger partial charge on any atom is 0.410 e. The van der Waals surface area contributed by atoms with Crippen LogP contribution >= 0.6 is 0 Å². The van der Waals surface area contributed by atoms with Crippen molar-refractivity contribution in [2.45, 2.75) is 78.5 Å². The molecule has 0 bridgehead atoms. The number of amides is 2. The first-order valence-corrected chi connectivity index (χ1v) is 17.9. The lowest BCUT2D eigenvalue weighted by Crippen LogP contribution is -2.47. The van der Waals surface area contributed by atoms with Gasteiger partial charge in [-0.2, -0.15) is 5.10 Å². The Bertz CT molecular complexity index is 2050. The van der Waals surface area contributed by atoms with Crippen LogP contribution in [-0.4, -0.2) is 63.5 Å². The number of rotatable bonds is 10. The maximum absolute atomic E-state index is 13.4. The van der Waals surface area contributed by atoms with Crippen LogP contribution in [0.25, 0.3) is 11.0 Å². The number of ether oxygens (including phenoxy) is 2. The number of nitrogens with one attached hydrogen (secondary N) is 3. The van der Waals surface area contributed by atoms with Gasteiger partial charge in [0.15, 0.2) is 11.5 Å². The Balaban J connectivity index is 1.28. The molecule has 1 aliphatic rings. The minimum atomic E-state index is -0.573. The van der Waals surface area contributed by atoms with Crippen molar-refractivity contribution in [3.8, 4) is 5.75 Å². The smallest absolute Gasteiger partial charge is 0.410 e. The van der Waals surface area contributed by atoms with E-state index in [1.54, 1.807) is 24.3 Å². The molecule has 0 spiro atoms. The van der Waals surface area contributed by atoms with E-state index in [4.69, 9.17) is 19.6 Å². The van der Waals surface area contributed by atoms with Gasteiger partial charge in [0.25, 0.3) is 5.91 Å². The van der Waals surface area contributed by atoms with Gasteiger partial charge in [0.1, 0.15) is 11.4 Å². The summed E-state index contributed by atoms with van der Waals surface area (Å²) in [5.74, 6) is 1.65. The second-order valence-electron chi connectivity index (χ2n) is 14.7. The lowest BCUT2D eigenvalue weighted by molar-refractivity contribution is 0.0206. The number of aryl methyl sites for hydroxylation is 1. The van der Waals surface area contributed by atoms with Crippen LogP contribution in [0.4, 0.5) is 27.7 Å². The molecule has 0 aliphatic carbocycles. The molecule has 11 heteroatoms. The molecule has 0 radical (unpaired) electrons. The monoisotopic (exact) mass is 703 g/mol. The number of carbonyl (C=O) groups excluding carboxylic acids is 2. The first kappa shape index (κ1) is 36.2. The van der Waals surface area contributed by atoms with Crippen LogP contribution < -0.4 is 20.7 Å². The number of piperidine rings is 1. The zero-order valence-corrected chi connectivity index (χ0v) is 31.1. The minimum absolute atomic E-state index is 0.0490. The third-order valence-electron chi connectivity index (χ3n) is 9.09. The third kappa shape index (κ3) is 8.65. The highest BCUT2D eigenvalue weighted by Gasteiger charge is 2.29. The van der Waals surface area contributed by atoms with Gasteiger partial charge in [0.2, 0.25) is 0 Å². The van der Waals surface area contributed by atoms with E-state index in [2.05, 4.69) is 42.8 Å². The van der Waals surface area contributed by atoms with Crippen molar-refractivity contribution in [3.05, 3.63) is 101 Å². The summed E-state index contributed by atoms with van der Waals surface area (Å²) >= 11 is 0. The van der Waals surface area contributed by atoms with Crippen LogP contribution in [0.3, 0.4) is 0 Å². The Morgan fingerprint density at radius 1 is 1.00 bits per heavy atom. The van der Waals surface area contributed by atoms with E-state index in [1.165, 1.54) is 5.56 Å². The van der Waals surface area contributed by atoms with Crippen LogP contribution in [0.2, 0.25) is 0 Å². The van der Waals surface area contributed by atoms with E-state index < -0.39 is 5.60 Å². The molecule has 2 aromatic heterocycles. The molecule has 5 aromatic rings. The molecular weight excluding hydrogens is 654 g/mol. The molecule has 0 saturated carbocycles. The van der Waals surface area contributed by atoms with Crippen molar-refractivity contribution in [2.24, 2.45) is 0 Å². The fourth-order valence-corrected chi connectivity index (χ4v) is 6.60. The highest BCUT2D eigenvalue weighted by Crippen LogP contribution is 2.33. The van der Waals surface area contributed by atoms with Crippen molar-refractivity contribution in [1.82, 2.24) is 19.7 Å². The Kier molecular flexibility index (Phi) is 10.7. The van der Waals surface area contributed by atoms with E-state index in [1.807, 2.05) is 86.1 Å². The largest absolute Gasteiger partial charge is 0.497 e. The van der Waals surface area contributed by atoms with Crippen molar-refractivity contribution in [3.63, 3.8) is 0 Å². The molecule has 1 unspecified atom stereocenters. The van der Waals surface area contributed by atoms with Crippen LogP contribution in [-0.2, 0) is 11.3 Å². The predicted molar refractivity (Wildman–Crippen MR) is 207 cm³/mol. The maximum atomic E-state index is 13.4. The molecule has 52 heavy (non-hydrogen) atoms. The molecule has 3 heterocycles. The van der Waals surface area contributed by atoms with Gasteiger partial charge < -0.3 is 30.3 Å². The number of hydrogen-bond acceptors (Lipinski definition) is 8. The van der Waals surface area contributed by atoms with E-state index in [-0.39, 0.29) is 18.0 Å². The number of benzene rings is 3. The number of likely N-dealkylation sites (tertiary alicyclic amines) is 1. The summed E-state index contributed by atoms with van der Waals surface area (Å²) in [6.45, 7) is 13.6. The molecule has 1 saturated heterocycles. The Morgan fingerprint density at radius 3 is 2.50 bits per heavy atom. The van der Waals surface area contributed by atoms with E-state index >= 15 is 0 Å². The molecule has 1 atom stereocenters. The SMILES string of the molecule is COc1ccc(Cn2nc(NC3CCCN(C(=O)OC(C)(C)C)C3)c3c(Nc4cccc(C(=O)Nc5ccc(C(C)C)c(C)c5)c4)ccnc32)cc1. The second kappa shape index (κ2) is 15.3. The average molecular weight is 704 g/mol. The van der Waals surface area contributed by atoms with E-state index in [0.29, 0.717) is 42.6 Å². The molecule has 6 rings (SSSR count). The summed E-state index contributed by atoms with van der Waals surface area (Å²) in [6.07, 6.45) is 3.14. The van der Waals surface area contributed by atoms with E-state index in [0.717, 1.165) is 52.2 Å². The zero-order valence-electron chi connectivity index (χ0n) is 31.1. The summed E-state index contributed by atoms with van der Waals surface area (Å²) in [5, 5.41) is 16.1. The zero-order chi connectivity index (χ0) is 37.0. The number of fused-ring (bicyclic) bond motifs is 1. The predicted octanol–water partition coefficient (Wildman–Crippen LogP) is 8.73. The molecule has 1 fully saturated rings. The number of carbonyl (C=O) groups is 2. The number of nitrogens with zero attached hydrogens (tertiary/aromatic N) is 4. The number of methoxy groups -OCH3 is 1. The first-order valence-electron chi connectivity index (χ1n) is 17.9. The normalized spacial score (nSPS) is 14.7. The first-order chi connectivity index (χ1) is 24.9. The Hall–Kier alpha value is -5.58. The molecule has 2 amide bonds. The highest BCUT2D eigenvalue weighted by molar-refractivity contribution is 6.05. The van der Waals surface area contributed by atoms with Crippen LogP contribution in [0, 0.1) is 6.92 Å². The molecular formula is C41H49N7O4. The van der Waals surface area contributed by atoms with E-state index in [9.17, 15) is 9.59 Å². The van der Waals surface area contributed by atoms with Gasteiger partial charge in [-0.05, 0) is 112 Å². The van der Waals surface area contributed by atoms with Crippen molar-refractivity contribution >= 4 is 45.9 Å². The fraction of sp³-hybridized carbons (Fsp3) is 0.366. The lowest BCUT2D eigenvalue weighted by Gasteiger charge is -2.34. The average Bonchev–Trinajstić information content (AvgIpc) is 3.45.